The summed E-state index contributed by atoms with van der Waals surface area (Å²) in [6.07, 6.45) is 5.37. The number of terminal acetylenes is 1. The molecule has 1 N–H and O–H groups in total. The molecule has 0 amide bonds. The number of benzene rings is 1. The predicted octanol–water partition coefficient (Wildman–Crippen LogP) is 1.98. The molecule has 2 heteroatoms. The summed E-state index contributed by atoms with van der Waals surface area (Å²) < 4.78 is 5.34. The van der Waals surface area contributed by atoms with Crippen molar-refractivity contribution in [3.63, 3.8) is 0 Å². The maximum Gasteiger partial charge on any atom is 0.119 e. The van der Waals surface area contributed by atoms with Gasteiger partial charge in [0.1, 0.15) is 5.75 Å². The maximum absolute atomic E-state index is 5.37. The molecule has 1 aromatic rings. The molecule has 0 heterocycles. The number of ether oxygens (including phenoxy) is 1. The number of rotatable bonds is 4. The van der Waals surface area contributed by atoms with Gasteiger partial charge in [-0.2, -0.15) is 0 Å². The summed E-state index contributed by atoms with van der Waals surface area (Å²) in [5, 5.41) is 3.04. The van der Waals surface area contributed by atoms with Crippen LogP contribution < -0.4 is 10.1 Å². The first-order valence-electron chi connectivity index (χ1n) is 4.68. The molecule has 0 radical (unpaired) electrons. The molecule has 0 aromatic heterocycles. The van der Waals surface area contributed by atoms with E-state index in [2.05, 4.69) is 11.2 Å². The highest BCUT2D eigenvalue weighted by molar-refractivity contribution is 5.32. The number of hydrogen-bond acceptors (Lipinski definition) is 2. The lowest BCUT2D eigenvalue weighted by Crippen LogP contribution is -2.13. The Bertz CT molecular complexity index is 310. The Hall–Kier alpha value is -1.46. The van der Waals surface area contributed by atoms with E-state index in [1.165, 1.54) is 0 Å². The molecule has 0 aliphatic rings. The van der Waals surface area contributed by atoms with Gasteiger partial charge >= 0.3 is 0 Å². The number of nitrogens with one attached hydrogen (secondary N) is 1. The normalized spacial score (nSPS) is 11.8. The van der Waals surface area contributed by atoms with Crippen LogP contribution in [0, 0.1) is 12.3 Å². The second-order valence-corrected chi connectivity index (χ2v) is 2.89. The van der Waals surface area contributed by atoms with Crippen LogP contribution in [0.5, 0.6) is 5.75 Å². The smallest absolute Gasteiger partial charge is 0.119 e. The van der Waals surface area contributed by atoms with Gasteiger partial charge in [0.25, 0.3) is 0 Å². The van der Waals surface area contributed by atoms with Crippen LogP contribution in [0.1, 0.15) is 18.5 Å². The molecule has 1 aromatic carbocycles. The molecule has 0 saturated carbocycles. The minimum Gasteiger partial charge on any atom is -0.494 e. The minimum atomic E-state index is -0.0225. The van der Waals surface area contributed by atoms with Gasteiger partial charge in [0.2, 0.25) is 0 Å². The van der Waals surface area contributed by atoms with Crippen molar-refractivity contribution in [3.8, 4) is 18.1 Å². The van der Waals surface area contributed by atoms with E-state index < -0.39 is 0 Å². The Morgan fingerprint density at radius 1 is 1.43 bits per heavy atom. The van der Waals surface area contributed by atoms with E-state index in [1.54, 1.807) is 0 Å². The van der Waals surface area contributed by atoms with E-state index in [0.29, 0.717) is 6.61 Å². The van der Waals surface area contributed by atoms with Gasteiger partial charge in [0, 0.05) is 0 Å². The average Bonchev–Trinajstić information content (AvgIpc) is 2.23. The lowest BCUT2D eigenvalue weighted by Gasteiger charge is -2.10. The Morgan fingerprint density at radius 3 is 2.50 bits per heavy atom. The van der Waals surface area contributed by atoms with Crippen LogP contribution in [-0.4, -0.2) is 13.7 Å². The fraction of sp³-hybridized carbons (Fsp3) is 0.333. The van der Waals surface area contributed by atoms with E-state index in [-0.39, 0.29) is 6.04 Å². The van der Waals surface area contributed by atoms with Gasteiger partial charge in [-0.15, -0.1) is 6.42 Å². The molecule has 0 bridgehead atoms. The first kappa shape index (κ1) is 10.6. The van der Waals surface area contributed by atoms with E-state index >= 15 is 0 Å². The quantitative estimate of drug-likeness (QED) is 0.731. The van der Waals surface area contributed by atoms with Crippen molar-refractivity contribution >= 4 is 0 Å². The third kappa shape index (κ3) is 2.51. The third-order valence-corrected chi connectivity index (χ3v) is 1.98. The average molecular weight is 189 g/mol. The van der Waals surface area contributed by atoms with Crippen molar-refractivity contribution in [2.24, 2.45) is 0 Å². The van der Waals surface area contributed by atoms with Crippen LogP contribution in [0.2, 0.25) is 0 Å². The van der Waals surface area contributed by atoms with Gasteiger partial charge in [0.15, 0.2) is 0 Å². The first-order chi connectivity index (χ1) is 6.81. The lowest BCUT2D eigenvalue weighted by molar-refractivity contribution is 0.340. The predicted molar refractivity (Wildman–Crippen MR) is 58.2 cm³/mol. The molecule has 74 valence electrons. The van der Waals surface area contributed by atoms with E-state index in [4.69, 9.17) is 11.2 Å². The Kier molecular flexibility index (Phi) is 4.03. The lowest BCUT2D eigenvalue weighted by atomic mass is 10.1. The van der Waals surface area contributed by atoms with Crippen molar-refractivity contribution < 1.29 is 4.74 Å². The molecule has 0 saturated heterocycles. The van der Waals surface area contributed by atoms with Crippen LogP contribution in [0.4, 0.5) is 0 Å². The highest BCUT2D eigenvalue weighted by Crippen LogP contribution is 2.16. The zero-order chi connectivity index (χ0) is 10.4. The zero-order valence-electron chi connectivity index (χ0n) is 8.58. The first-order valence-corrected chi connectivity index (χ1v) is 4.68. The molecule has 1 rings (SSSR count). The zero-order valence-corrected chi connectivity index (χ0v) is 8.58. The molecule has 1 unspecified atom stereocenters. The highest BCUT2D eigenvalue weighted by atomic mass is 16.5. The van der Waals surface area contributed by atoms with Crippen molar-refractivity contribution in [1.82, 2.24) is 5.32 Å². The van der Waals surface area contributed by atoms with Gasteiger partial charge in [0.05, 0.1) is 12.6 Å². The van der Waals surface area contributed by atoms with E-state index in [1.807, 2.05) is 38.2 Å². The SMILES string of the molecule is C#CC(NC)c1ccc(OCC)cc1. The largest absolute Gasteiger partial charge is 0.494 e. The van der Waals surface area contributed by atoms with Gasteiger partial charge < -0.3 is 10.1 Å². The summed E-state index contributed by atoms with van der Waals surface area (Å²) >= 11 is 0. The molecular formula is C12H15NO. The minimum absolute atomic E-state index is 0.0225. The van der Waals surface area contributed by atoms with Gasteiger partial charge in [-0.3, -0.25) is 0 Å². The molecule has 0 aliphatic heterocycles. The van der Waals surface area contributed by atoms with Gasteiger partial charge in [-0.25, -0.2) is 0 Å². The Balaban J connectivity index is 2.77. The van der Waals surface area contributed by atoms with E-state index in [0.717, 1.165) is 11.3 Å². The fourth-order valence-electron chi connectivity index (χ4n) is 1.27. The molecule has 2 nitrogen and oxygen atoms in total. The third-order valence-electron chi connectivity index (χ3n) is 1.98. The van der Waals surface area contributed by atoms with Crippen LogP contribution in [0.3, 0.4) is 0 Å². The Morgan fingerprint density at radius 2 is 2.07 bits per heavy atom. The van der Waals surface area contributed by atoms with Gasteiger partial charge in [-0.05, 0) is 31.7 Å². The summed E-state index contributed by atoms with van der Waals surface area (Å²) in [6.45, 7) is 2.65. The molecule has 0 spiro atoms. The summed E-state index contributed by atoms with van der Waals surface area (Å²) in [6, 6.07) is 7.80. The second-order valence-electron chi connectivity index (χ2n) is 2.89. The van der Waals surface area contributed by atoms with Crippen molar-refractivity contribution in [2.75, 3.05) is 13.7 Å². The topological polar surface area (TPSA) is 21.3 Å². The molecule has 0 fully saturated rings. The molecule has 14 heavy (non-hydrogen) atoms. The summed E-state index contributed by atoms with van der Waals surface area (Å²) in [5.74, 6) is 3.55. The Labute approximate surface area is 85.3 Å². The summed E-state index contributed by atoms with van der Waals surface area (Å²) in [7, 11) is 1.85. The van der Waals surface area contributed by atoms with Crippen LogP contribution in [-0.2, 0) is 0 Å². The monoisotopic (exact) mass is 189 g/mol. The molecular weight excluding hydrogens is 174 g/mol. The molecule has 0 aliphatic carbocycles. The van der Waals surface area contributed by atoms with Crippen LogP contribution >= 0.6 is 0 Å². The second kappa shape index (κ2) is 5.31. The van der Waals surface area contributed by atoms with E-state index in [9.17, 15) is 0 Å². The standard InChI is InChI=1S/C12H15NO/c1-4-12(13-3)10-6-8-11(9-7-10)14-5-2/h1,6-9,12-13H,5H2,2-3H3. The summed E-state index contributed by atoms with van der Waals surface area (Å²) in [5.41, 5.74) is 1.08. The van der Waals surface area contributed by atoms with Crippen molar-refractivity contribution in [1.29, 1.82) is 0 Å². The highest BCUT2D eigenvalue weighted by Gasteiger charge is 2.04. The number of hydrogen-bond donors (Lipinski definition) is 1. The van der Waals surface area contributed by atoms with Crippen LogP contribution in [0.15, 0.2) is 24.3 Å². The summed E-state index contributed by atoms with van der Waals surface area (Å²) in [4.78, 5) is 0. The maximum atomic E-state index is 5.37. The fourth-order valence-corrected chi connectivity index (χ4v) is 1.27. The van der Waals surface area contributed by atoms with Crippen LogP contribution in [0.25, 0.3) is 0 Å². The molecule has 1 atom stereocenters. The van der Waals surface area contributed by atoms with Crippen molar-refractivity contribution in [3.05, 3.63) is 29.8 Å². The van der Waals surface area contributed by atoms with Gasteiger partial charge in [-0.1, -0.05) is 18.1 Å². The van der Waals surface area contributed by atoms with Crippen molar-refractivity contribution in [2.45, 2.75) is 13.0 Å².